The zero-order chi connectivity index (χ0) is 13.9. The van der Waals surface area contributed by atoms with Crippen molar-refractivity contribution < 1.29 is 22.9 Å². The van der Waals surface area contributed by atoms with Crippen molar-refractivity contribution in [3.63, 3.8) is 0 Å². The Morgan fingerprint density at radius 2 is 2.06 bits per heavy atom. The SMILES string of the molecule is O=C(NCC(F)(F)F)c1cc([N+](=O)[O-])ccc1Cl. The molecule has 0 atom stereocenters. The van der Waals surface area contributed by atoms with E-state index in [1.807, 2.05) is 0 Å². The highest BCUT2D eigenvalue weighted by atomic mass is 35.5. The van der Waals surface area contributed by atoms with Crippen LogP contribution in [0, 0.1) is 10.1 Å². The van der Waals surface area contributed by atoms with Gasteiger partial charge >= 0.3 is 6.18 Å². The Morgan fingerprint density at radius 1 is 1.44 bits per heavy atom. The number of carbonyl (C=O) groups excluding carboxylic acids is 1. The van der Waals surface area contributed by atoms with Crippen molar-refractivity contribution in [2.24, 2.45) is 0 Å². The quantitative estimate of drug-likeness (QED) is 0.684. The molecule has 9 heteroatoms. The molecule has 0 aliphatic rings. The average molecular weight is 283 g/mol. The minimum atomic E-state index is -4.57. The molecular weight excluding hydrogens is 277 g/mol. The van der Waals surface area contributed by atoms with Crippen molar-refractivity contribution in [1.82, 2.24) is 5.32 Å². The first-order valence-electron chi connectivity index (χ1n) is 4.49. The first kappa shape index (κ1) is 14.2. The zero-order valence-corrected chi connectivity index (χ0v) is 9.38. The van der Waals surface area contributed by atoms with Gasteiger partial charge in [0.15, 0.2) is 0 Å². The van der Waals surface area contributed by atoms with Crippen LogP contribution in [0.2, 0.25) is 5.02 Å². The molecule has 0 aromatic heterocycles. The van der Waals surface area contributed by atoms with Crippen molar-refractivity contribution in [2.75, 3.05) is 6.54 Å². The summed E-state index contributed by atoms with van der Waals surface area (Å²) >= 11 is 5.58. The summed E-state index contributed by atoms with van der Waals surface area (Å²) in [6.45, 7) is -1.54. The largest absolute Gasteiger partial charge is 0.405 e. The number of rotatable bonds is 3. The number of hydrogen-bond donors (Lipinski definition) is 1. The lowest BCUT2D eigenvalue weighted by molar-refractivity contribution is -0.384. The van der Waals surface area contributed by atoms with Gasteiger partial charge in [0, 0.05) is 12.1 Å². The number of nitro benzene ring substituents is 1. The van der Waals surface area contributed by atoms with Crippen LogP contribution in [0.5, 0.6) is 0 Å². The predicted octanol–water partition coefficient (Wildman–Crippen LogP) is 2.54. The molecule has 0 unspecified atom stereocenters. The molecule has 18 heavy (non-hydrogen) atoms. The minimum Gasteiger partial charge on any atom is -0.343 e. The molecule has 0 saturated heterocycles. The van der Waals surface area contributed by atoms with Gasteiger partial charge in [0.2, 0.25) is 0 Å². The molecule has 0 fully saturated rings. The Balaban J connectivity index is 2.91. The van der Waals surface area contributed by atoms with E-state index < -0.39 is 29.2 Å². The molecule has 98 valence electrons. The smallest absolute Gasteiger partial charge is 0.343 e. The maximum Gasteiger partial charge on any atom is 0.405 e. The van der Waals surface area contributed by atoms with Crippen LogP contribution in [0.3, 0.4) is 0 Å². The van der Waals surface area contributed by atoms with E-state index in [1.54, 1.807) is 5.32 Å². The second kappa shape index (κ2) is 5.21. The molecule has 0 aliphatic carbocycles. The molecule has 0 bridgehead atoms. The normalized spacial score (nSPS) is 11.1. The van der Waals surface area contributed by atoms with E-state index in [4.69, 9.17) is 11.6 Å². The van der Waals surface area contributed by atoms with E-state index in [-0.39, 0.29) is 10.6 Å². The number of benzene rings is 1. The van der Waals surface area contributed by atoms with Crippen LogP contribution in [-0.4, -0.2) is 23.6 Å². The van der Waals surface area contributed by atoms with Gasteiger partial charge in [-0.15, -0.1) is 0 Å². The lowest BCUT2D eigenvalue weighted by Crippen LogP contribution is -2.33. The molecule has 1 aromatic rings. The van der Waals surface area contributed by atoms with Crippen LogP contribution >= 0.6 is 11.6 Å². The van der Waals surface area contributed by atoms with Crippen molar-refractivity contribution in [2.45, 2.75) is 6.18 Å². The van der Waals surface area contributed by atoms with Crippen molar-refractivity contribution in [3.05, 3.63) is 38.9 Å². The van der Waals surface area contributed by atoms with Crippen molar-refractivity contribution in [3.8, 4) is 0 Å². The molecule has 1 N–H and O–H groups in total. The molecule has 1 rings (SSSR count). The summed E-state index contributed by atoms with van der Waals surface area (Å²) in [5.41, 5.74) is -0.813. The number of halogens is 4. The molecule has 0 heterocycles. The fraction of sp³-hybridized carbons (Fsp3) is 0.222. The minimum absolute atomic E-state index is 0.166. The van der Waals surface area contributed by atoms with Gasteiger partial charge in [0.25, 0.3) is 11.6 Å². The van der Waals surface area contributed by atoms with Gasteiger partial charge in [0.1, 0.15) is 6.54 Å². The number of nitrogens with one attached hydrogen (secondary N) is 1. The van der Waals surface area contributed by atoms with Gasteiger partial charge in [-0.25, -0.2) is 0 Å². The highest BCUT2D eigenvalue weighted by Gasteiger charge is 2.28. The first-order chi connectivity index (χ1) is 8.20. The molecule has 5 nitrogen and oxygen atoms in total. The monoisotopic (exact) mass is 282 g/mol. The second-order valence-electron chi connectivity index (χ2n) is 3.22. The molecule has 1 amide bonds. The Labute approximate surface area is 104 Å². The molecule has 0 saturated carbocycles. The summed E-state index contributed by atoms with van der Waals surface area (Å²) < 4.78 is 35.7. The van der Waals surface area contributed by atoms with Crippen LogP contribution in [0.25, 0.3) is 0 Å². The van der Waals surface area contributed by atoms with Crippen LogP contribution < -0.4 is 5.32 Å². The van der Waals surface area contributed by atoms with Gasteiger partial charge in [-0.1, -0.05) is 11.6 Å². The van der Waals surface area contributed by atoms with E-state index in [2.05, 4.69) is 0 Å². The number of nitrogens with zero attached hydrogens (tertiary/aromatic N) is 1. The number of alkyl halides is 3. The summed E-state index contributed by atoms with van der Waals surface area (Å²) in [5, 5.41) is 11.9. The summed E-state index contributed by atoms with van der Waals surface area (Å²) in [4.78, 5) is 21.0. The molecular formula is C9H6ClF3N2O3. The van der Waals surface area contributed by atoms with Gasteiger partial charge in [-0.05, 0) is 6.07 Å². The van der Waals surface area contributed by atoms with E-state index in [0.717, 1.165) is 18.2 Å². The maximum absolute atomic E-state index is 11.9. The Kier molecular flexibility index (Phi) is 4.12. The van der Waals surface area contributed by atoms with Crippen LogP contribution in [0.15, 0.2) is 18.2 Å². The zero-order valence-electron chi connectivity index (χ0n) is 8.62. The van der Waals surface area contributed by atoms with Gasteiger partial charge in [-0.3, -0.25) is 14.9 Å². The first-order valence-corrected chi connectivity index (χ1v) is 4.87. The highest BCUT2D eigenvalue weighted by molar-refractivity contribution is 6.33. The average Bonchev–Trinajstić information content (AvgIpc) is 2.25. The van der Waals surface area contributed by atoms with Crippen molar-refractivity contribution >= 4 is 23.2 Å². The predicted molar refractivity (Wildman–Crippen MR) is 56.5 cm³/mol. The van der Waals surface area contributed by atoms with Crippen LogP contribution in [0.1, 0.15) is 10.4 Å². The lowest BCUT2D eigenvalue weighted by atomic mass is 10.2. The summed E-state index contributed by atoms with van der Waals surface area (Å²) in [6, 6.07) is 2.93. The van der Waals surface area contributed by atoms with Crippen molar-refractivity contribution in [1.29, 1.82) is 0 Å². The second-order valence-corrected chi connectivity index (χ2v) is 3.63. The summed E-state index contributed by atoms with van der Waals surface area (Å²) in [6.07, 6.45) is -4.57. The number of nitro groups is 1. The fourth-order valence-corrected chi connectivity index (χ4v) is 1.28. The fourth-order valence-electron chi connectivity index (χ4n) is 1.08. The lowest BCUT2D eigenvalue weighted by Gasteiger charge is -2.09. The third kappa shape index (κ3) is 3.88. The Hall–Kier alpha value is -1.83. The van der Waals surface area contributed by atoms with Gasteiger partial charge in [-0.2, -0.15) is 13.2 Å². The number of carbonyl (C=O) groups is 1. The topological polar surface area (TPSA) is 72.2 Å². The highest BCUT2D eigenvalue weighted by Crippen LogP contribution is 2.22. The number of hydrogen-bond acceptors (Lipinski definition) is 3. The molecule has 0 aliphatic heterocycles. The van der Waals surface area contributed by atoms with E-state index in [0.29, 0.717) is 0 Å². The van der Waals surface area contributed by atoms with E-state index in [9.17, 15) is 28.1 Å². The molecule has 0 radical (unpaired) electrons. The third-order valence-electron chi connectivity index (χ3n) is 1.85. The van der Waals surface area contributed by atoms with Gasteiger partial charge < -0.3 is 5.32 Å². The summed E-state index contributed by atoms with van der Waals surface area (Å²) in [5.74, 6) is -1.12. The Morgan fingerprint density at radius 3 is 2.56 bits per heavy atom. The van der Waals surface area contributed by atoms with E-state index >= 15 is 0 Å². The van der Waals surface area contributed by atoms with E-state index in [1.165, 1.54) is 0 Å². The van der Waals surface area contributed by atoms with Crippen LogP contribution in [0.4, 0.5) is 18.9 Å². The maximum atomic E-state index is 11.9. The van der Waals surface area contributed by atoms with Gasteiger partial charge in [0.05, 0.1) is 15.5 Å². The Bertz CT molecular complexity index is 490. The van der Waals surface area contributed by atoms with Crippen LogP contribution in [-0.2, 0) is 0 Å². The number of amides is 1. The molecule has 1 aromatic carbocycles. The number of non-ortho nitro benzene ring substituents is 1. The summed E-state index contributed by atoms with van der Waals surface area (Å²) in [7, 11) is 0. The molecule has 0 spiro atoms. The third-order valence-corrected chi connectivity index (χ3v) is 2.18. The standard InChI is InChI=1S/C9H6ClF3N2O3/c10-7-2-1-5(15(17)18)3-6(7)8(16)14-4-9(11,12)13/h1-3H,4H2,(H,14,16).